The number of amides is 2. The number of benzene rings is 3. The Morgan fingerprint density at radius 3 is 2.31 bits per heavy atom. The molecule has 1 aliphatic carbocycles. The Labute approximate surface area is 241 Å². The van der Waals surface area contributed by atoms with E-state index in [0.717, 1.165) is 42.4 Å². The topological polar surface area (TPSA) is 58.6 Å². The first kappa shape index (κ1) is 29.0. The van der Waals surface area contributed by atoms with E-state index in [1.807, 2.05) is 56.3 Å². The summed E-state index contributed by atoms with van der Waals surface area (Å²) in [6.45, 7) is 3.93. The van der Waals surface area contributed by atoms with E-state index in [2.05, 4.69) is 11.4 Å². The van der Waals surface area contributed by atoms with Gasteiger partial charge >= 0.3 is 0 Å². The minimum Gasteiger partial charge on any atom is -0.484 e. The van der Waals surface area contributed by atoms with Crippen LogP contribution in [0.15, 0.2) is 66.7 Å². The number of ether oxygens (including phenoxy) is 1. The van der Waals surface area contributed by atoms with Gasteiger partial charge in [-0.15, -0.1) is 0 Å². The van der Waals surface area contributed by atoms with Crippen molar-refractivity contribution in [3.63, 3.8) is 0 Å². The Bertz CT molecular complexity index is 1260. The van der Waals surface area contributed by atoms with Crippen LogP contribution < -0.4 is 10.1 Å². The van der Waals surface area contributed by atoms with Gasteiger partial charge in [0.2, 0.25) is 5.91 Å². The lowest BCUT2D eigenvalue weighted by molar-refractivity contribution is -0.143. The molecule has 2 amide bonds. The van der Waals surface area contributed by atoms with Crippen LogP contribution in [0.4, 0.5) is 0 Å². The summed E-state index contributed by atoms with van der Waals surface area (Å²) in [5.74, 6) is 0.173. The highest BCUT2D eigenvalue weighted by atomic mass is 35.5. The third-order valence-electron chi connectivity index (χ3n) is 7.14. The predicted molar refractivity (Wildman–Crippen MR) is 157 cm³/mol. The molecule has 3 aromatic rings. The normalized spacial score (nSPS) is 14.5. The summed E-state index contributed by atoms with van der Waals surface area (Å²) >= 11 is 12.7. The zero-order chi connectivity index (χ0) is 27.8. The Balaban J connectivity index is 1.64. The monoisotopic (exact) mass is 566 g/mol. The minimum absolute atomic E-state index is 0.118. The number of carbonyl (C=O) groups excluding carboxylic acids is 2. The molecule has 0 saturated heterocycles. The van der Waals surface area contributed by atoms with Crippen LogP contribution in [-0.2, 0) is 22.6 Å². The molecule has 7 heteroatoms. The van der Waals surface area contributed by atoms with Gasteiger partial charge in [0, 0.05) is 29.1 Å². The van der Waals surface area contributed by atoms with Gasteiger partial charge < -0.3 is 15.0 Å². The summed E-state index contributed by atoms with van der Waals surface area (Å²) in [5.41, 5.74) is 3.79. The van der Waals surface area contributed by atoms with Crippen LogP contribution in [-0.4, -0.2) is 35.4 Å². The van der Waals surface area contributed by atoms with E-state index in [1.165, 1.54) is 6.42 Å². The number of aryl methyl sites for hydroxylation is 2. The maximum atomic E-state index is 13.9. The van der Waals surface area contributed by atoms with Gasteiger partial charge in [-0.1, -0.05) is 84.9 Å². The van der Waals surface area contributed by atoms with Crippen LogP contribution in [0.25, 0.3) is 0 Å². The summed E-state index contributed by atoms with van der Waals surface area (Å²) in [4.78, 5) is 29.3. The zero-order valence-electron chi connectivity index (χ0n) is 22.6. The molecule has 1 N–H and O–H groups in total. The molecule has 3 aromatic carbocycles. The van der Waals surface area contributed by atoms with Crippen molar-refractivity contribution in [2.75, 3.05) is 6.61 Å². The van der Waals surface area contributed by atoms with E-state index in [0.29, 0.717) is 27.8 Å². The number of nitrogens with zero attached hydrogens (tertiary/aromatic N) is 1. The van der Waals surface area contributed by atoms with E-state index in [-0.39, 0.29) is 31.0 Å². The van der Waals surface area contributed by atoms with Crippen molar-refractivity contribution in [3.05, 3.63) is 99.0 Å². The first-order valence-corrected chi connectivity index (χ1v) is 14.3. The van der Waals surface area contributed by atoms with E-state index < -0.39 is 6.04 Å². The molecule has 1 fully saturated rings. The summed E-state index contributed by atoms with van der Waals surface area (Å²) in [6.07, 6.45) is 5.67. The van der Waals surface area contributed by atoms with Gasteiger partial charge in [-0.3, -0.25) is 9.59 Å². The second-order valence-corrected chi connectivity index (χ2v) is 11.3. The molecule has 0 heterocycles. The van der Waals surface area contributed by atoms with Crippen LogP contribution in [0.3, 0.4) is 0 Å². The van der Waals surface area contributed by atoms with Crippen LogP contribution in [0, 0.1) is 13.8 Å². The molecule has 1 saturated carbocycles. The van der Waals surface area contributed by atoms with Crippen molar-refractivity contribution in [1.29, 1.82) is 0 Å². The Morgan fingerprint density at radius 1 is 0.949 bits per heavy atom. The van der Waals surface area contributed by atoms with Gasteiger partial charge in [0.05, 0.1) is 0 Å². The van der Waals surface area contributed by atoms with E-state index in [1.54, 1.807) is 23.1 Å². The average molecular weight is 568 g/mol. The molecule has 5 nitrogen and oxygen atoms in total. The lowest BCUT2D eigenvalue weighted by Gasteiger charge is -2.33. The first-order valence-electron chi connectivity index (χ1n) is 13.6. The van der Waals surface area contributed by atoms with Crippen molar-refractivity contribution in [3.8, 4) is 5.75 Å². The van der Waals surface area contributed by atoms with Crippen molar-refractivity contribution in [2.24, 2.45) is 0 Å². The molecular weight excluding hydrogens is 531 g/mol. The van der Waals surface area contributed by atoms with E-state index in [4.69, 9.17) is 27.9 Å². The Kier molecular flexibility index (Phi) is 10.3. The number of nitrogens with one attached hydrogen (secondary N) is 1. The average Bonchev–Trinajstić information content (AvgIpc) is 2.91. The zero-order valence-corrected chi connectivity index (χ0v) is 24.1. The minimum atomic E-state index is -0.739. The number of hydrogen-bond donors (Lipinski definition) is 1. The third-order valence-corrected chi connectivity index (χ3v) is 7.72. The van der Waals surface area contributed by atoms with Gasteiger partial charge in [0.25, 0.3) is 5.91 Å². The lowest BCUT2D eigenvalue weighted by Crippen LogP contribution is -2.53. The van der Waals surface area contributed by atoms with Gasteiger partial charge in [0.1, 0.15) is 11.8 Å². The highest BCUT2D eigenvalue weighted by molar-refractivity contribution is 6.35. The van der Waals surface area contributed by atoms with Crippen LogP contribution in [0.1, 0.15) is 54.4 Å². The summed E-state index contributed by atoms with van der Waals surface area (Å²) < 4.78 is 5.95. The lowest BCUT2D eigenvalue weighted by atomic mass is 9.94. The molecular formula is C32H36Cl2N2O3. The molecule has 0 aliphatic heterocycles. The van der Waals surface area contributed by atoms with Crippen LogP contribution in [0.2, 0.25) is 10.0 Å². The molecule has 0 aromatic heterocycles. The Hall–Kier alpha value is -3.02. The van der Waals surface area contributed by atoms with Crippen molar-refractivity contribution in [1.82, 2.24) is 10.2 Å². The molecule has 0 spiro atoms. The standard InChI is InChI=1S/C32H36Cl2N2O3/c1-22-15-23(2)17-28(16-22)39-21-31(37)36(20-25-13-14-26(33)19-29(25)34)30(18-24-9-5-3-6-10-24)32(38)35-27-11-7-4-8-12-27/h3,5-6,9-10,13-17,19,27,30H,4,7-8,11-12,18,20-21H2,1-2H3,(H,35,38)/t30-/m0/s1. The number of hydrogen-bond acceptors (Lipinski definition) is 3. The van der Waals surface area contributed by atoms with Crippen LogP contribution in [0.5, 0.6) is 5.75 Å². The number of rotatable bonds is 10. The second-order valence-electron chi connectivity index (χ2n) is 10.4. The Morgan fingerprint density at radius 2 is 1.64 bits per heavy atom. The summed E-state index contributed by atoms with van der Waals surface area (Å²) in [6, 6.07) is 20.2. The van der Waals surface area contributed by atoms with Gasteiger partial charge in [-0.05, 0) is 73.2 Å². The maximum Gasteiger partial charge on any atom is 0.261 e. The fourth-order valence-corrected chi connectivity index (χ4v) is 5.64. The first-order chi connectivity index (χ1) is 18.8. The van der Waals surface area contributed by atoms with Crippen molar-refractivity contribution >= 4 is 35.0 Å². The van der Waals surface area contributed by atoms with Gasteiger partial charge in [-0.2, -0.15) is 0 Å². The molecule has 39 heavy (non-hydrogen) atoms. The van der Waals surface area contributed by atoms with Crippen molar-refractivity contribution in [2.45, 2.75) is 71.0 Å². The van der Waals surface area contributed by atoms with Gasteiger partial charge in [-0.25, -0.2) is 0 Å². The summed E-state index contributed by atoms with van der Waals surface area (Å²) in [7, 11) is 0. The smallest absolute Gasteiger partial charge is 0.261 e. The predicted octanol–water partition coefficient (Wildman–Crippen LogP) is 7.08. The third kappa shape index (κ3) is 8.48. The van der Waals surface area contributed by atoms with Crippen molar-refractivity contribution < 1.29 is 14.3 Å². The quantitative estimate of drug-likeness (QED) is 0.285. The van der Waals surface area contributed by atoms with Gasteiger partial charge in [0.15, 0.2) is 6.61 Å². The fraction of sp³-hybridized carbons (Fsp3) is 0.375. The molecule has 0 radical (unpaired) electrons. The fourth-order valence-electron chi connectivity index (χ4n) is 5.18. The molecule has 0 bridgehead atoms. The highest BCUT2D eigenvalue weighted by Crippen LogP contribution is 2.25. The van der Waals surface area contributed by atoms with E-state index in [9.17, 15) is 9.59 Å². The molecule has 4 rings (SSSR count). The molecule has 0 unspecified atom stereocenters. The maximum absolute atomic E-state index is 13.9. The highest BCUT2D eigenvalue weighted by Gasteiger charge is 2.32. The number of halogens is 2. The number of carbonyl (C=O) groups is 2. The SMILES string of the molecule is Cc1cc(C)cc(OCC(=O)N(Cc2ccc(Cl)cc2Cl)[C@@H](Cc2ccccc2)C(=O)NC2CCCCC2)c1. The van der Waals surface area contributed by atoms with Crippen LogP contribution >= 0.6 is 23.2 Å². The molecule has 1 atom stereocenters. The molecule has 1 aliphatic rings. The largest absolute Gasteiger partial charge is 0.484 e. The second kappa shape index (κ2) is 13.9. The summed E-state index contributed by atoms with van der Waals surface area (Å²) in [5, 5.41) is 4.20. The van der Waals surface area contributed by atoms with E-state index >= 15 is 0 Å². The molecule has 206 valence electrons.